The van der Waals surface area contributed by atoms with Gasteiger partial charge in [-0.25, -0.2) is 9.59 Å². The molecule has 0 bridgehead atoms. The number of alkyl carbamates (subject to hydrolysis) is 1. The van der Waals surface area contributed by atoms with Gasteiger partial charge in [-0.2, -0.15) is 0 Å². The van der Waals surface area contributed by atoms with Crippen LogP contribution in [0.5, 0.6) is 0 Å². The number of amides is 2. The van der Waals surface area contributed by atoms with Gasteiger partial charge in [-0.15, -0.1) is 0 Å². The van der Waals surface area contributed by atoms with Crippen molar-refractivity contribution in [3.05, 3.63) is 75.8 Å². The van der Waals surface area contributed by atoms with E-state index in [-0.39, 0.29) is 12.3 Å². The number of nitrogens with one attached hydrogen (secondary N) is 2. The molecule has 0 heterocycles. The summed E-state index contributed by atoms with van der Waals surface area (Å²) in [5, 5.41) is 25.9. The molecule has 13 heteroatoms. The van der Waals surface area contributed by atoms with Gasteiger partial charge in [0.1, 0.15) is 18.7 Å². The SMILES string of the molecule is COC(=O)C[C@@H](c1ccc([N+](=O)[O-])cc1)[C@@H](NC(=O)[C@@H](NC(=O)OCc1ccccc1)[C@@H](C)O)C(=O)OC. The molecule has 2 rings (SSSR count). The van der Waals surface area contributed by atoms with Gasteiger partial charge in [-0.3, -0.25) is 19.7 Å². The Balaban J connectivity index is 2.26. The summed E-state index contributed by atoms with van der Waals surface area (Å²) in [7, 11) is 2.20. The van der Waals surface area contributed by atoms with Gasteiger partial charge < -0.3 is 30.0 Å². The number of ether oxygens (including phenoxy) is 3. The molecule has 204 valence electrons. The number of nitrogens with zero attached hydrogens (tertiary/aromatic N) is 1. The molecule has 13 nitrogen and oxygen atoms in total. The lowest BCUT2D eigenvalue weighted by atomic mass is 9.88. The van der Waals surface area contributed by atoms with Crippen molar-refractivity contribution in [3.8, 4) is 0 Å². The number of hydrogen-bond acceptors (Lipinski definition) is 10. The molecule has 4 atom stereocenters. The minimum atomic E-state index is -1.54. The number of nitro groups is 1. The van der Waals surface area contributed by atoms with Crippen LogP contribution in [0.1, 0.15) is 30.4 Å². The number of methoxy groups -OCH3 is 2. The highest BCUT2D eigenvalue weighted by molar-refractivity contribution is 5.91. The largest absolute Gasteiger partial charge is 0.469 e. The number of hydrogen-bond donors (Lipinski definition) is 3. The lowest BCUT2D eigenvalue weighted by Crippen LogP contribution is -2.57. The second-order valence-corrected chi connectivity index (χ2v) is 8.17. The van der Waals surface area contributed by atoms with Crippen molar-refractivity contribution < 1.29 is 43.4 Å². The zero-order valence-electron chi connectivity index (χ0n) is 21.0. The van der Waals surface area contributed by atoms with Crippen molar-refractivity contribution in [1.82, 2.24) is 10.6 Å². The Morgan fingerprint density at radius 2 is 1.58 bits per heavy atom. The first-order chi connectivity index (χ1) is 18.1. The van der Waals surface area contributed by atoms with Gasteiger partial charge in [0.25, 0.3) is 5.69 Å². The first-order valence-corrected chi connectivity index (χ1v) is 11.4. The van der Waals surface area contributed by atoms with Crippen molar-refractivity contribution in [1.29, 1.82) is 0 Å². The van der Waals surface area contributed by atoms with Crippen LogP contribution in [-0.2, 0) is 35.2 Å². The lowest BCUT2D eigenvalue weighted by Gasteiger charge is -2.28. The maximum absolute atomic E-state index is 13.1. The third-order valence-corrected chi connectivity index (χ3v) is 5.55. The average molecular weight is 532 g/mol. The Bertz CT molecular complexity index is 1120. The van der Waals surface area contributed by atoms with Crippen LogP contribution in [0.25, 0.3) is 0 Å². The first-order valence-electron chi connectivity index (χ1n) is 11.4. The monoisotopic (exact) mass is 531 g/mol. The van der Waals surface area contributed by atoms with E-state index in [1.54, 1.807) is 30.3 Å². The zero-order valence-corrected chi connectivity index (χ0v) is 21.0. The number of carbonyl (C=O) groups excluding carboxylic acids is 4. The van der Waals surface area contributed by atoms with Gasteiger partial charge in [0, 0.05) is 18.1 Å². The molecule has 0 fully saturated rings. The van der Waals surface area contributed by atoms with Crippen molar-refractivity contribution in [3.63, 3.8) is 0 Å². The summed E-state index contributed by atoms with van der Waals surface area (Å²) in [5.74, 6) is -3.71. The third-order valence-electron chi connectivity index (χ3n) is 5.55. The molecular formula is C25H29N3O10. The van der Waals surface area contributed by atoms with Crippen LogP contribution in [-0.4, -0.2) is 66.4 Å². The predicted octanol–water partition coefficient (Wildman–Crippen LogP) is 1.58. The highest BCUT2D eigenvalue weighted by Gasteiger charge is 2.37. The molecule has 2 aromatic carbocycles. The van der Waals surface area contributed by atoms with Crippen LogP contribution in [0.2, 0.25) is 0 Å². The van der Waals surface area contributed by atoms with Gasteiger partial charge in [0.15, 0.2) is 0 Å². The fourth-order valence-corrected chi connectivity index (χ4v) is 3.53. The van der Waals surface area contributed by atoms with E-state index in [1.807, 2.05) is 0 Å². The summed E-state index contributed by atoms with van der Waals surface area (Å²) < 4.78 is 14.6. The van der Waals surface area contributed by atoms with Gasteiger partial charge in [-0.05, 0) is 18.1 Å². The maximum Gasteiger partial charge on any atom is 0.408 e. The molecule has 0 aliphatic carbocycles. The third kappa shape index (κ3) is 8.55. The molecule has 38 heavy (non-hydrogen) atoms. The molecule has 0 saturated heterocycles. The standard InChI is InChI=1S/C25H29N3O10/c1-15(29)21(27-25(33)38-14-16-7-5-4-6-8-16)23(31)26-22(24(32)37-3)19(13-20(30)36-2)17-9-11-18(12-10-17)28(34)35/h4-12,15,19,21-22,29H,13-14H2,1-3H3,(H,26,31)(H,27,33)/t15-,19+,21+,22-/m1/s1. The van der Waals surface area contributed by atoms with E-state index in [0.29, 0.717) is 11.1 Å². The summed E-state index contributed by atoms with van der Waals surface area (Å²) in [6.07, 6.45) is -2.80. The first kappa shape index (κ1) is 29.7. The quantitative estimate of drug-likeness (QED) is 0.157. The van der Waals surface area contributed by atoms with E-state index in [1.165, 1.54) is 31.2 Å². The Labute approximate surface area is 218 Å². The van der Waals surface area contributed by atoms with Crippen molar-refractivity contribution in [2.24, 2.45) is 0 Å². The molecular weight excluding hydrogens is 502 g/mol. The predicted molar refractivity (Wildman–Crippen MR) is 132 cm³/mol. The molecule has 0 unspecified atom stereocenters. The van der Waals surface area contributed by atoms with E-state index in [0.717, 1.165) is 14.2 Å². The molecule has 0 aromatic heterocycles. The normalized spacial score (nSPS) is 13.7. The molecule has 0 radical (unpaired) electrons. The van der Waals surface area contributed by atoms with Gasteiger partial charge >= 0.3 is 18.0 Å². The van der Waals surface area contributed by atoms with Gasteiger partial charge in [0.2, 0.25) is 5.91 Å². The highest BCUT2D eigenvalue weighted by atomic mass is 16.6. The Morgan fingerprint density at radius 1 is 0.947 bits per heavy atom. The van der Waals surface area contributed by atoms with Gasteiger partial charge in [-0.1, -0.05) is 42.5 Å². The van der Waals surface area contributed by atoms with Crippen molar-refractivity contribution in [2.75, 3.05) is 14.2 Å². The number of nitro benzene ring substituents is 1. The van der Waals surface area contributed by atoms with Crippen molar-refractivity contribution >= 4 is 29.6 Å². The van der Waals surface area contributed by atoms with Crippen LogP contribution in [0.4, 0.5) is 10.5 Å². The van der Waals surface area contributed by atoms with Crippen molar-refractivity contribution in [2.45, 2.75) is 44.1 Å². The van der Waals surface area contributed by atoms with Crippen LogP contribution in [0, 0.1) is 10.1 Å². The van der Waals surface area contributed by atoms with Crippen LogP contribution >= 0.6 is 0 Å². The summed E-state index contributed by atoms with van der Waals surface area (Å²) >= 11 is 0. The Hall–Kier alpha value is -4.52. The van der Waals surface area contributed by atoms with Crippen LogP contribution < -0.4 is 10.6 Å². The van der Waals surface area contributed by atoms with E-state index >= 15 is 0 Å². The average Bonchev–Trinajstić information content (AvgIpc) is 2.92. The maximum atomic E-state index is 13.1. The Morgan fingerprint density at radius 3 is 2.11 bits per heavy atom. The minimum Gasteiger partial charge on any atom is -0.469 e. The number of aliphatic hydroxyl groups excluding tert-OH is 1. The van der Waals surface area contributed by atoms with Crippen LogP contribution in [0.3, 0.4) is 0 Å². The second kappa shape index (κ2) is 14.3. The second-order valence-electron chi connectivity index (χ2n) is 8.17. The molecule has 0 saturated carbocycles. The number of aliphatic hydroxyl groups is 1. The molecule has 0 spiro atoms. The number of non-ortho nitro benzene ring substituents is 1. The topological polar surface area (TPSA) is 183 Å². The zero-order chi connectivity index (χ0) is 28.2. The summed E-state index contributed by atoms with van der Waals surface area (Å²) in [6.45, 7) is 1.16. The minimum absolute atomic E-state index is 0.0903. The van der Waals surface area contributed by atoms with Gasteiger partial charge in [0.05, 0.1) is 31.7 Å². The van der Waals surface area contributed by atoms with E-state index in [4.69, 9.17) is 14.2 Å². The highest BCUT2D eigenvalue weighted by Crippen LogP contribution is 2.27. The van der Waals surface area contributed by atoms with E-state index < -0.39 is 59.4 Å². The molecule has 2 aromatic rings. The lowest BCUT2D eigenvalue weighted by molar-refractivity contribution is -0.384. The fourth-order valence-electron chi connectivity index (χ4n) is 3.53. The molecule has 2 amide bonds. The van der Waals surface area contributed by atoms with E-state index in [2.05, 4.69) is 10.6 Å². The summed E-state index contributed by atoms with van der Waals surface area (Å²) in [4.78, 5) is 60.7. The number of benzene rings is 2. The van der Waals surface area contributed by atoms with E-state index in [9.17, 15) is 34.4 Å². The summed E-state index contributed by atoms with van der Waals surface area (Å²) in [6, 6.07) is 10.8. The number of esters is 2. The van der Waals surface area contributed by atoms with Crippen LogP contribution in [0.15, 0.2) is 54.6 Å². The molecule has 3 N–H and O–H groups in total. The fraction of sp³-hybridized carbons (Fsp3) is 0.360. The number of carbonyl (C=O) groups is 4. The summed E-state index contributed by atoms with van der Waals surface area (Å²) in [5.41, 5.74) is 0.761. The molecule has 0 aliphatic heterocycles. The molecule has 0 aliphatic rings. The number of rotatable bonds is 12. The Kier molecular flexibility index (Phi) is 11.2. The smallest absolute Gasteiger partial charge is 0.408 e.